The second-order valence-corrected chi connectivity index (χ2v) is 4.02. The van der Waals surface area contributed by atoms with Crippen LogP contribution in [0.5, 0.6) is 0 Å². The maximum absolute atomic E-state index is 8.54. The molecule has 0 radical (unpaired) electrons. The molecule has 0 bridgehead atoms. The van der Waals surface area contributed by atoms with Gasteiger partial charge in [0.2, 0.25) is 0 Å². The summed E-state index contributed by atoms with van der Waals surface area (Å²) >= 11 is 6.09. The SMILES string of the molecule is CCCc1ccc(NNC=C(C#N)C#N)c(Cl)c1. The number of allylic oxidation sites excluding steroid dienone is 1. The third-order valence-electron chi connectivity index (χ3n) is 2.24. The van der Waals surface area contributed by atoms with Crippen LogP contribution < -0.4 is 10.9 Å². The lowest BCUT2D eigenvalue weighted by atomic mass is 10.1. The van der Waals surface area contributed by atoms with E-state index in [1.165, 1.54) is 11.8 Å². The highest BCUT2D eigenvalue weighted by atomic mass is 35.5. The number of anilines is 1. The van der Waals surface area contributed by atoms with Gasteiger partial charge in [-0.25, -0.2) is 0 Å². The van der Waals surface area contributed by atoms with Crippen molar-refractivity contribution in [3.63, 3.8) is 0 Å². The molecule has 0 aromatic heterocycles. The molecular weight excluding hydrogens is 248 g/mol. The number of halogens is 1. The molecule has 0 aliphatic rings. The van der Waals surface area contributed by atoms with Crippen LogP contribution in [0, 0.1) is 22.7 Å². The lowest BCUT2D eigenvalue weighted by Crippen LogP contribution is -2.15. The highest BCUT2D eigenvalue weighted by molar-refractivity contribution is 6.33. The molecule has 0 spiro atoms. The fraction of sp³-hybridized carbons (Fsp3) is 0.231. The van der Waals surface area contributed by atoms with Crippen molar-refractivity contribution in [2.24, 2.45) is 0 Å². The Bertz CT molecular complexity index is 507. The summed E-state index contributed by atoms with van der Waals surface area (Å²) < 4.78 is 0. The Labute approximate surface area is 111 Å². The van der Waals surface area contributed by atoms with Crippen LogP contribution in [0.4, 0.5) is 5.69 Å². The van der Waals surface area contributed by atoms with Gasteiger partial charge in [-0.2, -0.15) is 10.5 Å². The summed E-state index contributed by atoms with van der Waals surface area (Å²) in [5.74, 6) is 0. The van der Waals surface area contributed by atoms with Crippen LogP contribution in [-0.4, -0.2) is 0 Å². The molecule has 1 rings (SSSR count). The van der Waals surface area contributed by atoms with Gasteiger partial charge >= 0.3 is 0 Å². The van der Waals surface area contributed by atoms with Crippen molar-refractivity contribution in [3.8, 4) is 12.1 Å². The number of nitriles is 2. The molecular formula is C13H13ClN4. The molecule has 18 heavy (non-hydrogen) atoms. The molecule has 4 nitrogen and oxygen atoms in total. The van der Waals surface area contributed by atoms with E-state index in [9.17, 15) is 0 Å². The topological polar surface area (TPSA) is 71.6 Å². The lowest BCUT2D eigenvalue weighted by Gasteiger charge is -2.09. The lowest BCUT2D eigenvalue weighted by molar-refractivity contribution is 0.921. The predicted octanol–water partition coefficient (Wildman–Crippen LogP) is 3.14. The number of rotatable bonds is 5. The van der Waals surface area contributed by atoms with Gasteiger partial charge in [0.25, 0.3) is 0 Å². The van der Waals surface area contributed by atoms with Gasteiger partial charge in [-0.15, -0.1) is 0 Å². The smallest absolute Gasteiger partial charge is 0.147 e. The van der Waals surface area contributed by atoms with Crippen LogP contribution in [0.3, 0.4) is 0 Å². The van der Waals surface area contributed by atoms with Crippen molar-refractivity contribution in [1.82, 2.24) is 5.43 Å². The number of hydrogen-bond donors (Lipinski definition) is 2. The van der Waals surface area contributed by atoms with E-state index in [1.54, 1.807) is 12.1 Å². The van der Waals surface area contributed by atoms with E-state index >= 15 is 0 Å². The number of nitrogens with zero attached hydrogens (tertiary/aromatic N) is 2. The van der Waals surface area contributed by atoms with Crippen molar-refractivity contribution < 1.29 is 0 Å². The Balaban J connectivity index is 2.67. The zero-order valence-corrected chi connectivity index (χ0v) is 10.8. The summed E-state index contributed by atoms with van der Waals surface area (Å²) in [4.78, 5) is 0. The van der Waals surface area contributed by atoms with Gasteiger partial charge in [0.1, 0.15) is 17.7 Å². The second-order valence-electron chi connectivity index (χ2n) is 3.62. The quantitative estimate of drug-likeness (QED) is 0.630. The minimum Gasteiger partial charge on any atom is -0.306 e. The number of nitrogens with one attached hydrogen (secondary N) is 2. The maximum Gasteiger partial charge on any atom is 0.147 e. The molecule has 92 valence electrons. The number of aryl methyl sites for hydroxylation is 1. The predicted molar refractivity (Wildman–Crippen MR) is 71.5 cm³/mol. The highest BCUT2D eigenvalue weighted by Crippen LogP contribution is 2.22. The zero-order valence-electron chi connectivity index (χ0n) is 10.00. The summed E-state index contributed by atoms with van der Waals surface area (Å²) in [6.45, 7) is 2.11. The van der Waals surface area contributed by atoms with Crippen molar-refractivity contribution in [2.45, 2.75) is 19.8 Å². The van der Waals surface area contributed by atoms with Crippen LogP contribution in [0.1, 0.15) is 18.9 Å². The molecule has 0 aliphatic carbocycles. The Morgan fingerprint density at radius 3 is 2.67 bits per heavy atom. The Hall–Kier alpha value is -2.17. The summed E-state index contributed by atoms with van der Waals surface area (Å²) in [6.07, 6.45) is 3.34. The van der Waals surface area contributed by atoms with Crippen LogP contribution in [0.15, 0.2) is 30.0 Å². The van der Waals surface area contributed by atoms with Gasteiger partial charge in [-0.3, -0.25) is 5.43 Å². The largest absolute Gasteiger partial charge is 0.306 e. The number of benzene rings is 1. The van der Waals surface area contributed by atoms with E-state index in [0.29, 0.717) is 10.7 Å². The van der Waals surface area contributed by atoms with E-state index < -0.39 is 0 Å². The zero-order chi connectivity index (χ0) is 13.4. The first-order valence-corrected chi connectivity index (χ1v) is 5.89. The minimum absolute atomic E-state index is 0.0128. The van der Waals surface area contributed by atoms with Crippen LogP contribution in [0.25, 0.3) is 0 Å². The van der Waals surface area contributed by atoms with E-state index in [4.69, 9.17) is 22.1 Å². The van der Waals surface area contributed by atoms with Crippen molar-refractivity contribution in [3.05, 3.63) is 40.6 Å². The molecule has 0 saturated carbocycles. The first-order chi connectivity index (χ1) is 8.71. The highest BCUT2D eigenvalue weighted by Gasteiger charge is 2.00. The third kappa shape index (κ3) is 4.01. The van der Waals surface area contributed by atoms with Crippen LogP contribution >= 0.6 is 11.6 Å². The molecule has 0 amide bonds. The monoisotopic (exact) mass is 260 g/mol. The van der Waals surface area contributed by atoms with E-state index in [2.05, 4.69) is 17.8 Å². The van der Waals surface area contributed by atoms with Gasteiger partial charge in [0, 0.05) is 6.20 Å². The molecule has 0 saturated heterocycles. The van der Waals surface area contributed by atoms with Crippen molar-refractivity contribution in [1.29, 1.82) is 10.5 Å². The molecule has 0 aliphatic heterocycles. The van der Waals surface area contributed by atoms with E-state index in [-0.39, 0.29) is 5.57 Å². The molecule has 0 atom stereocenters. The Morgan fingerprint density at radius 1 is 1.39 bits per heavy atom. The normalized spacial score (nSPS) is 8.89. The fourth-order valence-corrected chi connectivity index (χ4v) is 1.63. The van der Waals surface area contributed by atoms with Crippen LogP contribution in [-0.2, 0) is 6.42 Å². The molecule has 1 aromatic carbocycles. The average Bonchev–Trinajstić information content (AvgIpc) is 2.37. The van der Waals surface area contributed by atoms with Crippen molar-refractivity contribution >= 4 is 17.3 Å². The first kappa shape index (κ1) is 13.9. The number of hydrazine groups is 1. The molecule has 0 unspecified atom stereocenters. The third-order valence-corrected chi connectivity index (χ3v) is 2.55. The van der Waals surface area contributed by atoms with Gasteiger partial charge in [0.05, 0.1) is 10.7 Å². The Kier molecular flexibility index (Phi) is 5.57. The molecule has 2 N–H and O–H groups in total. The van der Waals surface area contributed by atoms with E-state index in [1.807, 2.05) is 18.2 Å². The van der Waals surface area contributed by atoms with E-state index in [0.717, 1.165) is 12.8 Å². The molecule has 1 aromatic rings. The fourth-order valence-electron chi connectivity index (χ4n) is 1.38. The van der Waals surface area contributed by atoms with Crippen molar-refractivity contribution in [2.75, 3.05) is 5.43 Å². The summed E-state index contributed by atoms with van der Waals surface area (Å²) in [5.41, 5.74) is 7.34. The van der Waals surface area contributed by atoms with Gasteiger partial charge in [-0.1, -0.05) is 31.0 Å². The van der Waals surface area contributed by atoms with Gasteiger partial charge < -0.3 is 5.43 Å². The number of hydrogen-bond acceptors (Lipinski definition) is 4. The maximum atomic E-state index is 8.54. The average molecular weight is 261 g/mol. The first-order valence-electron chi connectivity index (χ1n) is 5.51. The summed E-state index contributed by atoms with van der Waals surface area (Å²) in [5, 5.41) is 17.7. The standard InChI is InChI=1S/C13H13ClN4/c1-2-3-10-4-5-13(12(14)6-10)18-17-9-11(7-15)8-16/h4-6,9,17-18H,2-3H2,1H3. The van der Waals surface area contributed by atoms with Gasteiger partial charge in [0.15, 0.2) is 0 Å². The van der Waals surface area contributed by atoms with Crippen LogP contribution in [0.2, 0.25) is 5.02 Å². The molecule has 0 fully saturated rings. The second kappa shape index (κ2) is 7.21. The Morgan fingerprint density at radius 2 is 2.11 bits per heavy atom. The summed E-state index contributed by atoms with van der Waals surface area (Å²) in [7, 11) is 0. The summed E-state index contributed by atoms with van der Waals surface area (Å²) in [6, 6.07) is 9.22. The molecule has 5 heteroatoms. The van der Waals surface area contributed by atoms with Gasteiger partial charge in [-0.05, 0) is 24.1 Å². The molecule has 0 heterocycles. The minimum atomic E-state index is -0.0128.